The van der Waals surface area contributed by atoms with Crippen LogP contribution in [0.25, 0.3) is 0 Å². The highest BCUT2D eigenvalue weighted by Crippen LogP contribution is 2.15. The summed E-state index contributed by atoms with van der Waals surface area (Å²) >= 11 is 5.79. The number of nitrogens with two attached hydrogens (primary N) is 1. The number of ether oxygens (including phenoxy) is 1. The van der Waals surface area contributed by atoms with Gasteiger partial charge in [0.15, 0.2) is 0 Å². The number of carbonyl (C=O) groups excluding carboxylic acids is 1. The first-order valence-corrected chi connectivity index (χ1v) is 6.55. The third-order valence-electron chi connectivity index (χ3n) is 2.83. The Morgan fingerprint density at radius 2 is 2.21 bits per heavy atom. The lowest BCUT2D eigenvalue weighted by atomic mass is 10.3. The van der Waals surface area contributed by atoms with Crippen LogP contribution in [0.1, 0.15) is 6.42 Å². The average molecular weight is 285 g/mol. The highest BCUT2D eigenvalue weighted by Gasteiger charge is 2.16. The number of halogens is 1. The molecule has 2 heterocycles. The Morgan fingerprint density at radius 3 is 2.89 bits per heavy atom. The maximum atomic E-state index is 11.9. The van der Waals surface area contributed by atoms with Gasteiger partial charge >= 0.3 is 0 Å². The molecule has 0 saturated carbocycles. The van der Waals surface area contributed by atoms with E-state index >= 15 is 0 Å². The van der Waals surface area contributed by atoms with E-state index < -0.39 is 0 Å². The Bertz CT molecular complexity index is 429. The molecule has 1 aliphatic rings. The summed E-state index contributed by atoms with van der Waals surface area (Å²) in [6, 6.07) is 3.26. The molecule has 0 spiro atoms. The molecule has 0 aromatic carbocycles. The number of aromatic nitrogens is 1. The lowest BCUT2D eigenvalue weighted by molar-refractivity contribution is -0.134. The molecular weight excluding hydrogens is 268 g/mol. The molecule has 1 aliphatic heterocycles. The second-order valence-electron chi connectivity index (χ2n) is 4.28. The van der Waals surface area contributed by atoms with E-state index in [1.807, 2.05) is 4.90 Å². The van der Waals surface area contributed by atoms with Crippen molar-refractivity contribution in [2.45, 2.75) is 6.42 Å². The van der Waals surface area contributed by atoms with Gasteiger partial charge in [-0.2, -0.15) is 0 Å². The van der Waals surface area contributed by atoms with Crippen molar-refractivity contribution in [3.8, 4) is 0 Å². The Kier molecular flexibility index (Phi) is 4.81. The van der Waals surface area contributed by atoms with Crippen molar-refractivity contribution in [3.05, 3.63) is 17.3 Å². The normalized spacial score (nSPS) is 15.3. The van der Waals surface area contributed by atoms with Gasteiger partial charge < -0.3 is 20.7 Å². The number of carbonyl (C=O) groups is 1. The molecule has 6 nitrogen and oxygen atoms in total. The molecule has 0 atom stereocenters. The topological polar surface area (TPSA) is 80.5 Å². The van der Waals surface area contributed by atoms with Gasteiger partial charge in [-0.1, -0.05) is 11.6 Å². The number of amides is 1. The molecule has 2 rings (SSSR count). The van der Waals surface area contributed by atoms with Crippen LogP contribution < -0.4 is 11.1 Å². The molecular formula is C12H17ClN4O2. The minimum atomic E-state index is 0.116. The van der Waals surface area contributed by atoms with Crippen molar-refractivity contribution < 1.29 is 9.53 Å². The standard InChI is InChI=1S/C12H17ClN4O2/c13-10-7-9(14)8-11(16-10)15-2-1-12(18)17-3-5-19-6-4-17/h7-8H,1-6H2,(H3,14,15,16). The third kappa shape index (κ3) is 4.25. The van der Waals surface area contributed by atoms with E-state index in [-0.39, 0.29) is 5.91 Å². The average Bonchev–Trinajstić information content (AvgIpc) is 2.38. The first kappa shape index (κ1) is 13.9. The monoisotopic (exact) mass is 284 g/mol. The molecule has 19 heavy (non-hydrogen) atoms. The Balaban J connectivity index is 1.77. The number of hydrogen-bond acceptors (Lipinski definition) is 5. The van der Waals surface area contributed by atoms with Gasteiger partial charge in [-0.05, 0) is 6.07 Å². The van der Waals surface area contributed by atoms with Crippen molar-refractivity contribution in [3.63, 3.8) is 0 Å². The van der Waals surface area contributed by atoms with Gasteiger partial charge in [0.2, 0.25) is 5.91 Å². The summed E-state index contributed by atoms with van der Waals surface area (Å²) in [6.07, 6.45) is 0.411. The van der Waals surface area contributed by atoms with E-state index in [0.717, 1.165) is 0 Å². The first-order chi connectivity index (χ1) is 9.15. The Hall–Kier alpha value is -1.53. The number of nitrogens with one attached hydrogen (secondary N) is 1. The van der Waals surface area contributed by atoms with Crippen LogP contribution in [0.2, 0.25) is 5.15 Å². The number of hydrogen-bond donors (Lipinski definition) is 2. The zero-order valence-electron chi connectivity index (χ0n) is 10.6. The van der Waals surface area contributed by atoms with Crippen LogP contribution in [0.5, 0.6) is 0 Å². The van der Waals surface area contributed by atoms with E-state index in [1.165, 1.54) is 0 Å². The van der Waals surface area contributed by atoms with Gasteiger partial charge in [0.05, 0.1) is 13.2 Å². The number of morpholine rings is 1. The zero-order valence-corrected chi connectivity index (χ0v) is 11.3. The lowest BCUT2D eigenvalue weighted by Gasteiger charge is -2.26. The molecule has 0 unspecified atom stereocenters. The zero-order chi connectivity index (χ0) is 13.7. The van der Waals surface area contributed by atoms with Crippen LogP contribution in [0.3, 0.4) is 0 Å². The van der Waals surface area contributed by atoms with Gasteiger partial charge in [0.25, 0.3) is 0 Å². The van der Waals surface area contributed by atoms with Crippen molar-refractivity contribution in [1.29, 1.82) is 0 Å². The number of anilines is 2. The van der Waals surface area contributed by atoms with Crippen molar-refractivity contribution in [1.82, 2.24) is 9.88 Å². The van der Waals surface area contributed by atoms with Crippen LogP contribution in [-0.4, -0.2) is 48.6 Å². The molecule has 1 aromatic heterocycles. The summed E-state index contributed by atoms with van der Waals surface area (Å²) in [5, 5.41) is 3.38. The highest BCUT2D eigenvalue weighted by atomic mass is 35.5. The largest absolute Gasteiger partial charge is 0.399 e. The summed E-state index contributed by atoms with van der Waals surface area (Å²) in [7, 11) is 0. The molecule has 0 bridgehead atoms. The second kappa shape index (κ2) is 6.58. The van der Waals surface area contributed by atoms with Gasteiger partial charge in [-0.25, -0.2) is 4.98 Å². The molecule has 1 aromatic rings. The molecule has 1 fully saturated rings. The van der Waals surface area contributed by atoms with Crippen LogP contribution in [-0.2, 0) is 9.53 Å². The first-order valence-electron chi connectivity index (χ1n) is 6.17. The van der Waals surface area contributed by atoms with Gasteiger partial charge in [-0.15, -0.1) is 0 Å². The Labute approximate surface area is 116 Å². The van der Waals surface area contributed by atoms with Crippen molar-refractivity contribution in [2.24, 2.45) is 0 Å². The third-order valence-corrected chi connectivity index (χ3v) is 3.02. The maximum absolute atomic E-state index is 11.9. The molecule has 0 radical (unpaired) electrons. The molecule has 1 amide bonds. The summed E-state index contributed by atoms with van der Waals surface area (Å²) < 4.78 is 5.20. The summed E-state index contributed by atoms with van der Waals surface area (Å²) in [6.45, 7) is 3.07. The molecule has 3 N–H and O–H groups in total. The lowest BCUT2D eigenvalue weighted by Crippen LogP contribution is -2.41. The van der Waals surface area contributed by atoms with Crippen LogP contribution in [0.4, 0.5) is 11.5 Å². The van der Waals surface area contributed by atoms with Gasteiger partial charge in [0.1, 0.15) is 11.0 Å². The fourth-order valence-corrected chi connectivity index (χ4v) is 2.09. The molecule has 104 valence electrons. The molecule has 7 heteroatoms. The fraction of sp³-hybridized carbons (Fsp3) is 0.500. The van der Waals surface area contributed by atoms with E-state index in [2.05, 4.69) is 10.3 Å². The predicted octanol–water partition coefficient (Wildman–Crippen LogP) is 0.978. The van der Waals surface area contributed by atoms with Gasteiger partial charge in [0, 0.05) is 37.8 Å². The van der Waals surface area contributed by atoms with Crippen molar-refractivity contribution >= 4 is 29.0 Å². The number of nitrogen functional groups attached to an aromatic ring is 1. The van der Waals surface area contributed by atoms with Crippen LogP contribution in [0.15, 0.2) is 12.1 Å². The number of pyridine rings is 1. The summed E-state index contributed by atoms with van der Waals surface area (Å²) in [5.41, 5.74) is 6.20. The van der Waals surface area contributed by atoms with E-state index in [1.54, 1.807) is 12.1 Å². The quantitative estimate of drug-likeness (QED) is 0.806. The van der Waals surface area contributed by atoms with Gasteiger partial charge in [-0.3, -0.25) is 4.79 Å². The Morgan fingerprint density at radius 1 is 1.47 bits per heavy atom. The minimum Gasteiger partial charge on any atom is -0.399 e. The summed E-state index contributed by atoms with van der Waals surface area (Å²) in [4.78, 5) is 17.8. The number of nitrogens with zero attached hydrogens (tertiary/aromatic N) is 2. The molecule has 0 aliphatic carbocycles. The number of rotatable bonds is 4. The van der Waals surface area contributed by atoms with Crippen LogP contribution >= 0.6 is 11.6 Å². The SMILES string of the molecule is Nc1cc(Cl)nc(NCCC(=O)N2CCOCC2)c1. The molecule has 1 saturated heterocycles. The van der Waals surface area contributed by atoms with E-state index in [0.29, 0.717) is 55.9 Å². The highest BCUT2D eigenvalue weighted by molar-refractivity contribution is 6.29. The summed E-state index contributed by atoms with van der Waals surface area (Å²) in [5.74, 6) is 0.700. The fourth-order valence-electron chi connectivity index (χ4n) is 1.88. The van der Waals surface area contributed by atoms with E-state index in [4.69, 9.17) is 22.1 Å². The minimum absolute atomic E-state index is 0.116. The van der Waals surface area contributed by atoms with Crippen molar-refractivity contribution in [2.75, 3.05) is 43.9 Å². The maximum Gasteiger partial charge on any atom is 0.224 e. The van der Waals surface area contributed by atoms with Crippen LogP contribution in [0, 0.1) is 0 Å². The second-order valence-corrected chi connectivity index (χ2v) is 4.67. The smallest absolute Gasteiger partial charge is 0.224 e. The van der Waals surface area contributed by atoms with E-state index in [9.17, 15) is 4.79 Å². The predicted molar refractivity (Wildman–Crippen MR) is 74.2 cm³/mol.